The van der Waals surface area contributed by atoms with Crippen LogP contribution in [0.25, 0.3) is 11.0 Å². The van der Waals surface area contributed by atoms with Crippen LogP contribution in [-0.2, 0) is 13.1 Å². The van der Waals surface area contributed by atoms with E-state index in [1.807, 2.05) is 0 Å². The Bertz CT molecular complexity index is 740. The third kappa shape index (κ3) is 2.85. The molecule has 3 aromatic rings. The lowest BCUT2D eigenvalue weighted by Crippen LogP contribution is -2.33. The molecule has 3 rings (SSSR count). The van der Waals surface area contributed by atoms with Gasteiger partial charge in [0.15, 0.2) is 11.0 Å². The van der Waals surface area contributed by atoms with Crippen LogP contribution >= 0.6 is 0 Å². The first kappa shape index (κ1) is 13.9. The summed E-state index contributed by atoms with van der Waals surface area (Å²) in [5.74, 6) is 0. The lowest BCUT2D eigenvalue weighted by molar-refractivity contribution is -0.663. The van der Waals surface area contributed by atoms with Crippen LogP contribution in [0.3, 0.4) is 0 Å². The molecule has 0 aliphatic rings. The molecular weight excluding hydrogens is 256 g/mol. The Balaban J connectivity index is 2.00. The highest BCUT2D eigenvalue weighted by atomic mass is 15.1. The summed E-state index contributed by atoms with van der Waals surface area (Å²) in [6.45, 7) is 6.46. The zero-order valence-corrected chi connectivity index (χ0v) is 12.9. The van der Waals surface area contributed by atoms with E-state index in [4.69, 9.17) is 0 Å². The van der Waals surface area contributed by atoms with Gasteiger partial charge in [-0.15, -0.1) is 0 Å². The number of fused-ring (bicyclic) bond motifs is 1. The molecule has 2 aromatic carbocycles. The maximum atomic E-state index is 2.39. The summed E-state index contributed by atoms with van der Waals surface area (Å²) >= 11 is 0. The molecule has 108 valence electrons. The van der Waals surface area contributed by atoms with Crippen molar-refractivity contribution in [3.63, 3.8) is 0 Å². The van der Waals surface area contributed by atoms with Crippen LogP contribution in [0, 0.1) is 6.92 Å². The molecule has 0 fully saturated rings. The summed E-state index contributed by atoms with van der Waals surface area (Å²) in [5, 5.41) is 0. The molecule has 1 aromatic heterocycles. The van der Waals surface area contributed by atoms with Crippen molar-refractivity contribution in [3.8, 4) is 0 Å². The summed E-state index contributed by atoms with van der Waals surface area (Å²) in [6.07, 6.45) is 4.72. The minimum atomic E-state index is 0.937. The first-order valence-electron chi connectivity index (χ1n) is 7.81. The zero-order valence-electron chi connectivity index (χ0n) is 12.9. The summed E-state index contributed by atoms with van der Waals surface area (Å²) in [4.78, 5) is 0. The first-order valence-corrected chi connectivity index (χ1v) is 7.81. The third-order valence-corrected chi connectivity index (χ3v) is 4.13. The van der Waals surface area contributed by atoms with Crippen molar-refractivity contribution in [3.05, 3.63) is 66.0 Å². The van der Waals surface area contributed by atoms with E-state index in [-0.39, 0.29) is 0 Å². The van der Waals surface area contributed by atoms with E-state index in [1.54, 1.807) is 0 Å². The average Bonchev–Trinajstić information content (AvgIpc) is 2.86. The second-order valence-corrected chi connectivity index (χ2v) is 5.71. The number of benzene rings is 2. The van der Waals surface area contributed by atoms with Gasteiger partial charge in [-0.3, -0.25) is 0 Å². The van der Waals surface area contributed by atoms with Crippen LogP contribution < -0.4 is 4.57 Å². The standard InChI is InChI=1S/C19H23N2/c1-3-4-13-20-15-21(19-12-8-7-11-18(19)20)14-17-10-6-5-9-16(17)2/h5-12,15H,3-4,13-14H2,1-2H3/q+1. The number of unbranched alkanes of at least 4 members (excludes halogenated alkanes) is 1. The average molecular weight is 279 g/mol. The number of aryl methyl sites for hydroxylation is 2. The molecular formula is C19H23N2+. The number of imidazole rings is 1. The number of nitrogens with zero attached hydrogens (tertiary/aromatic N) is 2. The SMILES string of the molecule is CCCCn1c[n+](Cc2ccccc2C)c2ccccc21. The summed E-state index contributed by atoms with van der Waals surface area (Å²) in [7, 11) is 0. The molecule has 0 spiro atoms. The lowest BCUT2D eigenvalue weighted by Gasteiger charge is -2.02. The molecule has 0 saturated heterocycles. The van der Waals surface area contributed by atoms with E-state index < -0.39 is 0 Å². The van der Waals surface area contributed by atoms with Gasteiger partial charge < -0.3 is 0 Å². The highest BCUT2D eigenvalue weighted by Crippen LogP contribution is 2.14. The molecule has 0 bridgehead atoms. The van der Waals surface area contributed by atoms with Crippen LogP contribution in [-0.4, -0.2) is 4.57 Å². The van der Waals surface area contributed by atoms with Crippen LogP contribution in [0.5, 0.6) is 0 Å². The molecule has 0 amide bonds. The van der Waals surface area contributed by atoms with Gasteiger partial charge >= 0.3 is 0 Å². The van der Waals surface area contributed by atoms with E-state index in [9.17, 15) is 0 Å². The van der Waals surface area contributed by atoms with Crippen LogP contribution in [0.1, 0.15) is 30.9 Å². The van der Waals surface area contributed by atoms with Gasteiger partial charge in [-0.25, -0.2) is 9.13 Å². The van der Waals surface area contributed by atoms with E-state index in [1.165, 1.54) is 35.0 Å². The highest BCUT2D eigenvalue weighted by molar-refractivity contribution is 5.71. The predicted molar refractivity (Wildman–Crippen MR) is 87.3 cm³/mol. The minimum absolute atomic E-state index is 0.937. The maximum Gasteiger partial charge on any atom is 0.245 e. The Morgan fingerprint density at radius 3 is 2.57 bits per heavy atom. The summed E-state index contributed by atoms with van der Waals surface area (Å²) in [5.41, 5.74) is 5.40. The maximum absolute atomic E-state index is 2.39. The van der Waals surface area contributed by atoms with Gasteiger partial charge in [-0.1, -0.05) is 49.7 Å². The number of para-hydroxylation sites is 2. The Morgan fingerprint density at radius 1 is 1.00 bits per heavy atom. The number of rotatable bonds is 5. The van der Waals surface area contributed by atoms with Crippen molar-refractivity contribution in [1.82, 2.24) is 4.57 Å². The molecule has 0 radical (unpaired) electrons. The van der Waals surface area contributed by atoms with Gasteiger partial charge in [0.25, 0.3) is 0 Å². The second kappa shape index (κ2) is 6.13. The zero-order chi connectivity index (χ0) is 14.7. The molecule has 0 saturated carbocycles. The smallest absolute Gasteiger partial charge is 0.230 e. The molecule has 21 heavy (non-hydrogen) atoms. The molecule has 2 nitrogen and oxygen atoms in total. The highest BCUT2D eigenvalue weighted by Gasteiger charge is 2.15. The Kier molecular flexibility index (Phi) is 4.05. The monoisotopic (exact) mass is 279 g/mol. The van der Waals surface area contributed by atoms with Crippen molar-refractivity contribution in [1.29, 1.82) is 0 Å². The van der Waals surface area contributed by atoms with Gasteiger partial charge in [0, 0.05) is 0 Å². The van der Waals surface area contributed by atoms with Gasteiger partial charge in [-0.05, 0) is 36.6 Å². The van der Waals surface area contributed by atoms with E-state index in [2.05, 4.69) is 77.8 Å². The van der Waals surface area contributed by atoms with E-state index in [0.29, 0.717) is 0 Å². The molecule has 0 atom stereocenters. The van der Waals surface area contributed by atoms with Crippen molar-refractivity contribution in [2.24, 2.45) is 0 Å². The van der Waals surface area contributed by atoms with Crippen molar-refractivity contribution in [2.45, 2.75) is 39.8 Å². The number of aromatic nitrogens is 2. The normalized spacial score (nSPS) is 11.1. The first-order chi connectivity index (χ1) is 10.3. The molecule has 1 heterocycles. The quantitative estimate of drug-likeness (QED) is 0.622. The lowest BCUT2D eigenvalue weighted by atomic mass is 10.1. The fourth-order valence-corrected chi connectivity index (χ4v) is 2.85. The minimum Gasteiger partial charge on any atom is -0.230 e. The summed E-state index contributed by atoms with van der Waals surface area (Å²) in [6, 6.07) is 17.3. The number of hydrogen-bond acceptors (Lipinski definition) is 0. The largest absolute Gasteiger partial charge is 0.245 e. The van der Waals surface area contributed by atoms with E-state index in [0.717, 1.165) is 13.1 Å². The molecule has 0 aliphatic heterocycles. The van der Waals surface area contributed by atoms with Crippen molar-refractivity contribution < 1.29 is 4.57 Å². The van der Waals surface area contributed by atoms with E-state index >= 15 is 0 Å². The van der Waals surface area contributed by atoms with Crippen LogP contribution in [0.15, 0.2) is 54.9 Å². The molecule has 0 aliphatic carbocycles. The van der Waals surface area contributed by atoms with Crippen molar-refractivity contribution >= 4 is 11.0 Å². The van der Waals surface area contributed by atoms with Gasteiger partial charge in [0.1, 0.15) is 6.54 Å². The summed E-state index contributed by atoms with van der Waals surface area (Å²) < 4.78 is 4.75. The fourth-order valence-electron chi connectivity index (χ4n) is 2.85. The topological polar surface area (TPSA) is 8.81 Å². The molecule has 0 unspecified atom stereocenters. The van der Waals surface area contributed by atoms with Crippen molar-refractivity contribution in [2.75, 3.05) is 0 Å². The Morgan fingerprint density at radius 2 is 1.76 bits per heavy atom. The van der Waals surface area contributed by atoms with Crippen LogP contribution in [0.4, 0.5) is 0 Å². The molecule has 2 heteroatoms. The second-order valence-electron chi connectivity index (χ2n) is 5.71. The van der Waals surface area contributed by atoms with Gasteiger partial charge in [0.2, 0.25) is 6.33 Å². The Labute approximate surface area is 126 Å². The van der Waals surface area contributed by atoms with Gasteiger partial charge in [0.05, 0.1) is 6.54 Å². The third-order valence-electron chi connectivity index (χ3n) is 4.13. The Hall–Kier alpha value is -2.09. The molecule has 0 N–H and O–H groups in total. The van der Waals surface area contributed by atoms with Crippen LogP contribution in [0.2, 0.25) is 0 Å². The van der Waals surface area contributed by atoms with Gasteiger partial charge in [-0.2, -0.15) is 0 Å². The number of hydrogen-bond donors (Lipinski definition) is 0. The fraction of sp³-hybridized carbons (Fsp3) is 0.316. The predicted octanol–water partition coefficient (Wildman–Crippen LogP) is 4.09.